The maximum Gasteiger partial charge on any atom is 0.407 e. The number of aliphatic hydroxyl groups is 1. The van der Waals surface area contributed by atoms with E-state index in [1.54, 1.807) is 6.07 Å². The first-order valence-corrected chi connectivity index (χ1v) is 7.02. The van der Waals surface area contributed by atoms with E-state index >= 15 is 0 Å². The molecule has 0 saturated carbocycles. The zero-order valence-electron chi connectivity index (χ0n) is 12.2. The van der Waals surface area contributed by atoms with Gasteiger partial charge in [0.15, 0.2) is 0 Å². The first-order valence-electron chi connectivity index (χ1n) is 6.64. The second-order valence-electron chi connectivity index (χ2n) is 5.79. The van der Waals surface area contributed by atoms with Gasteiger partial charge in [-0.1, -0.05) is 23.7 Å². The molecule has 0 aliphatic carbocycles. The zero-order valence-corrected chi connectivity index (χ0v) is 12.9. The largest absolute Gasteiger partial charge is 0.465 e. The molecule has 1 rings (SSSR count). The van der Waals surface area contributed by atoms with E-state index in [0.717, 1.165) is 18.4 Å². The normalized spacial score (nSPS) is 11.4. The molecule has 0 aromatic heterocycles. The maximum absolute atomic E-state index is 11.2. The third-order valence-corrected chi connectivity index (χ3v) is 3.54. The minimum Gasteiger partial charge on any atom is -0.465 e. The van der Waals surface area contributed by atoms with Crippen LogP contribution in [0.2, 0.25) is 5.02 Å². The second-order valence-corrected chi connectivity index (χ2v) is 6.20. The highest BCUT2D eigenvalue weighted by Crippen LogP contribution is 2.19. The van der Waals surface area contributed by atoms with Crippen molar-refractivity contribution in [3.05, 3.63) is 34.3 Å². The van der Waals surface area contributed by atoms with E-state index in [2.05, 4.69) is 0 Å². The van der Waals surface area contributed by atoms with Gasteiger partial charge < -0.3 is 15.1 Å². The molecule has 2 N–H and O–H groups in total. The van der Waals surface area contributed by atoms with E-state index < -0.39 is 11.6 Å². The highest BCUT2D eigenvalue weighted by Gasteiger charge is 2.25. The average molecular weight is 300 g/mol. The molecule has 0 aliphatic rings. The molecule has 0 heterocycles. The van der Waals surface area contributed by atoms with E-state index in [9.17, 15) is 9.90 Å². The molecule has 0 unspecified atom stereocenters. The summed E-state index contributed by atoms with van der Waals surface area (Å²) in [5.41, 5.74) is 1.36. The van der Waals surface area contributed by atoms with Crippen LogP contribution in [0.1, 0.15) is 38.3 Å². The lowest BCUT2D eigenvalue weighted by Gasteiger charge is -2.33. The van der Waals surface area contributed by atoms with Crippen LogP contribution in [0.15, 0.2) is 18.2 Å². The Hall–Kier alpha value is -1.26. The Bertz CT molecular complexity index is 469. The van der Waals surface area contributed by atoms with Crippen molar-refractivity contribution < 1.29 is 15.0 Å². The van der Waals surface area contributed by atoms with Crippen molar-refractivity contribution in [1.29, 1.82) is 0 Å². The fraction of sp³-hybridized carbons (Fsp3) is 0.533. The van der Waals surface area contributed by atoms with Gasteiger partial charge in [-0.3, -0.25) is 0 Å². The third kappa shape index (κ3) is 4.69. The van der Waals surface area contributed by atoms with Crippen LogP contribution in [0.5, 0.6) is 0 Å². The summed E-state index contributed by atoms with van der Waals surface area (Å²) in [6.07, 6.45) is 0.588. The molecular formula is C15H22ClNO3. The van der Waals surface area contributed by atoms with Crippen LogP contribution >= 0.6 is 11.6 Å². The number of rotatable bonds is 5. The Kier molecular flexibility index (Phi) is 5.84. The molecule has 0 fully saturated rings. The Morgan fingerprint density at radius 1 is 1.35 bits per heavy atom. The third-order valence-electron chi connectivity index (χ3n) is 3.17. The molecule has 112 valence electrons. The number of nitrogens with zero attached hydrogens (tertiary/aromatic N) is 1. The van der Waals surface area contributed by atoms with Crippen LogP contribution in [0.4, 0.5) is 4.79 Å². The molecule has 1 aromatic rings. The summed E-state index contributed by atoms with van der Waals surface area (Å²) in [4.78, 5) is 12.6. The number of hydrogen-bond acceptors (Lipinski definition) is 2. The summed E-state index contributed by atoms with van der Waals surface area (Å²) >= 11 is 5.94. The number of amides is 1. The minimum absolute atomic E-state index is 0.0874. The fourth-order valence-corrected chi connectivity index (χ4v) is 2.24. The van der Waals surface area contributed by atoms with Crippen LogP contribution in [0.25, 0.3) is 0 Å². The Morgan fingerprint density at radius 3 is 2.50 bits per heavy atom. The summed E-state index contributed by atoms with van der Waals surface area (Å²) in [6.45, 7) is 6.04. The summed E-state index contributed by atoms with van der Waals surface area (Å²) in [6, 6.07) is 5.54. The molecule has 0 spiro atoms. The van der Waals surface area contributed by atoms with Gasteiger partial charge in [-0.15, -0.1) is 0 Å². The zero-order chi connectivity index (χ0) is 15.3. The molecule has 1 aromatic carbocycles. The SMILES string of the molecule is CC(C)(C)N(CCCc1ccc(Cl)c(CO)c1)C(=O)O. The van der Waals surface area contributed by atoms with E-state index in [-0.39, 0.29) is 6.61 Å². The number of hydrogen-bond donors (Lipinski definition) is 2. The van der Waals surface area contributed by atoms with Gasteiger partial charge in [-0.25, -0.2) is 4.79 Å². The van der Waals surface area contributed by atoms with Crippen LogP contribution in [-0.2, 0) is 13.0 Å². The van der Waals surface area contributed by atoms with Gasteiger partial charge in [0.25, 0.3) is 0 Å². The van der Waals surface area contributed by atoms with E-state index in [1.807, 2.05) is 32.9 Å². The molecule has 1 amide bonds. The first-order chi connectivity index (χ1) is 9.25. The number of carboxylic acid groups (broad SMARTS) is 1. The van der Waals surface area contributed by atoms with Crippen molar-refractivity contribution in [3.8, 4) is 0 Å². The predicted molar refractivity (Wildman–Crippen MR) is 80.2 cm³/mol. The van der Waals surface area contributed by atoms with Gasteiger partial charge in [-0.2, -0.15) is 0 Å². The monoisotopic (exact) mass is 299 g/mol. The first kappa shape index (κ1) is 16.8. The summed E-state index contributed by atoms with van der Waals surface area (Å²) in [7, 11) is 0. The number of carbonyl (C=O) groups is 1. The summed E-state index contributed by atoms with van der Waals surface area (Å²) in [5, 5.41) is 18.9. The van der Waals surface area contributed by atoms with E-state index in [1.165, 1.54) is 4.90 Å². The summed E-state index contributed by atoms with van der Waals surface area (Å²) in [5.74, 6) is 0. The molecule has 20 heavy (non-hydrogen) atoms. The highest BCUT2D eigenvalue weighted by atomic mass is 35.5. The topological polar surface area (TPSA) is 60.8 Å². The number of aryl methyl sites for hydroxylation is 1. The van der Waals surface area contributed by atoms with Crippen molar-refractivity contribution in [3.63, 3.8) is 0 Å². The molecule has 0 atom stereocenters. The van der Waals surface area contributed by atoms with Gasteiger partial charge in [0, 0.05) is 17.1 Å². The molecular weight excluding hydrogens is 278 g/mol. The van der Waals surface area contributed by atoms with Crippen molar-refractivity contribution in [2.45, 2.75) is 45.8 Å². The lowest BCUT2D eigenvalue weighted by molar-refractivity contribution is 0.0996. The molecule has 0 aliphatic heterocycles. The van der Waals surface area contributed by atoms with Gasteiger partial charge in [0.1, 0.15) is 0 Å². The van der Waals surface area contributed by atoms with Gasteiger partial charge in [0.2, 0.25) is 0 Å². The smallest absolute Gasteiger partial charge is 0.407 e. The molecule has 5 heteroatoms. The number of halogens is 1. The lowest BCUT2D eigenvalue weighted by Crippen LogP contribution is -2.45. The lowest BCUT2D eigenvalue weighted by atomic mass is 10.0. The van der Waals surface area contributed by atoms with Crippen molar-refractivity contribution in [2.24, 2.45) is 0 Å². The minimum atomic E-state index is -0.898. The van der Waals surface area contributed by atoms with E-state index in [4.69, 9.17) is 16.7 Å². The van der Waals surface area contributed by atoms with Crippen molar-refractivity contribution in [2.75, 3.05) is 6.54 Å². The fourth-order valence-electron chi connectivity index (χ4n) is 2.06. The number of aliphatic hydroxyl groups excluding tert-OH is 1. The predicted octanol–water partition coefficient (Wildman–Crippen LogP) is 3.54. The maximum atomic E-state index is 11.2. The van der Waals surface area contributed by atoms with Crippen LogP contribution in [0, 0.1) is 0 Å². The summed E-state index contributed by atoms with van der Waals surface area (Å²) < 4.78 is 0. The molecule has 0 saturated heterocycles. The number of benzene rings is 1. The Balaban J connectivity index is 2.61. The molecule has 0 radical (unpaired) electrons. The van der Waals surface area contributed by atoms with Crippen molar-refractivity contribution >= 4 is 17.7 Å². The van der Waals surface area contributed by atoms with Gasteiger partial charge in [-0.05, 0) is 50.8 Å². The Morgan fingerprint density at radius 2 is 2.00 bits per heavy atom. The highest BCUT2D eigenvalue weighted by molar-refractivity contribution is 6.31. The molecule has 4 nitrogen and oxygen atoms in total. The van der Waals surface area contributed by atoms with Crippen LogP contribution in [0.3, 0.4) is 0 Å². The van der Waals surface area contributed by atoms with E-state index in [0.29, 0.717) is 17.1 Å². The van der Waals surface area contributed by atoms with Crippen molar-refractivity contribution in [1.82, 2.24) is 4.90 Å². The van der Waals surface area contributed by atoms with Crippen LogP contribution in [-0.4, -0.2) is 33.3 Å². The quantitative estimate of drug-likeness (QED) is 0.874. The standard InChI is InChI=1S/C15H22ClNO3/c1-15(2,3)17(14(19)20)8-4-5-11-6-7-13(16)12(9-11)10-18/h6-7,9,18H,4-5,8,10H2,1-3H3,(H,19,20). The van der Waals surface area contributed by atoms with Gasteiger partial charge >= 0.3 is 6.09 Å². The van der Waals surface area contributed by atoms with Gasteiger partial charge in [0.05, 0.1) is 6.61 Å². The Labute approximate surface area is 125 Å². The molecule has 0 bridgehead atoms. The second kappa shape index (κ2) is 6.95. The van der Waals surface area contributed by atoms with Crippen LogP contribution < -0.4 is 0 Å². The average Bonchev–Trinajstić information content (AvgIpc) is 2.34.